The van der Waals surface area contributed by atoms with Gasteiger partial charge in [0.25, 0.3) is 0 Å². The third-order valence-electron chi connectivity index (χ3n) is 10.2. The molecule has 11 aromatic rings. The smallest absolute Gasteiger partial charge is 0.160 e. The molecule has 0 fully saturated rings. The first-order valence-corrected chi connectivity index (χ1v) is 16.9. The van der Waals surface area contributed by atoms with Crippen molar-refractivity contribution in [3.8, 4) is 28.3 Å². The lowest BCUT2D eigenvalue weighted by Gasteiger charge is -2.12. The van der Waals surface area contributed by atoms with Crippen LogP contribution in [0.4, 0.5) is 0 Å². The van der Waals surface area contributed by atoms with E-state index in [4.69, 9.17) is 14.4 Å². The molecule has 0 spiro atoms. The Morgan fingerprint density at radius 2 is 1.06 bits per heavy atom. The second kappa shape index (κ2) is 10.4. The van der Waals surface area contributed by atoms with Crippen molar-refractivity contribution in [2.75, 3.05) is 0 Å². The standard InChI is InChI=1S/C46H27N3O/c1-3-14-33-28(10-1)20-23-39-43(33)44-34-15-4-2-11-29(34)21-24-40(44)49(39)32-13-9-12-31(26-32)46-47-38-18-7-5-17-36(38)45(48-46)30-22-25-42-37(27-30)35-16-6-8-19-41(35)50-42/h1-27H. The van der Waals surface area contributed by atoms with Crippen molar-refractivity contribution in [1.29, 1.82) is 0 Å². The van der Waals surface area contributed by atoms with Crippen LogP contribution in [0.2, 0.25) is 0 Å². The molecule has 3 heterocycles. The number of furan rings is 1. The molecule has 8 aromatic carbocycles. The normalized spacial score (nSPS) is 12.0. The minimum absolute atomic E-state index is 0.689. The Morgan fingerprint density at radius 1 is 0.420 bits per heavy atom. The van der Waals surface area contributed by atoms with Gasteiger partial charge in [-0.25, -0.2) is 9.97 Å². The minimum atomic E-state index is 0.689. The highest BCUT2D eigenvalue weighted by Crippen LogP contribution is 2.41. The third kappa shape index (κ3) is 3.93. The van der Waals surface area contributed by atoms with E-state index in [2.05, 4.69) is 150 Å². The van der Waals surface area contributed by atoms with Gasteiger partial charge >= 0.3 is 0 Å². The molecule has 3 aromatic heterocycles. The van der Waals surface area contributed by atoms with Crippen molar-refractivity contribution >= 4 is 76.2 Å². The summed E-state index contributed by atoms with van der Waals surface area (Å²) in [4.78, 5) is 10.4. The van der Waals surface area contributed by atoms with Gasteiger partial charge in [0.1, 0.15) is 11.2 Å². The highest BCUT2D eigenvalue weighted by atomic mass is 16.3. The van der Waals surface area contributed by atoms with Crippen molar-refractivity contribution in [2.24, 2.45) is 0 Å². The molecule has 0 aliphatic rings. The number of fused-ring (bicyclic) bond motifs is 11. The largest absolute Gasteiger partial charge is 0.456 e. The fourth-order valence-corrected chi connectivity index (χ4v) is 7.91. The zero-order chi connectivity index (χ0) is 32.8. The Labute approximate surface area is 286 Å². The molecule has 0 N–H and O–H groups in total. The van der Waals surface area contributed by atoms with E-state index < -0.39 is 0 Å². The minimum Gasteiger partial charge on any atom is -0.456 e. The summed E-state index contributed by atoms with van der Waals surface area (Å²) >= 11 is 0. The molecule has 0 aliphatic heterocycles. The number of hydrogen-bond donors (Lipinski definition) is 0. The maximum absolute atomic E-state index is 6.15. The summed E-state index contributed by atoms with van der Waals surface area (Å²) in [7, 11) is 0. The highest BCUT2D eigenvalue weighted by molar-refractivity contribution is 6.28. The van der Waals surface area contributed by atoms with E-state index in [0.29, 0.717) is 5.82 Å². The summed E-state index contributed by atoms with van der Waals surface area (Å²) < 4.78 is 8.54. The monoisotopic (exact) mass is 637 g/mol. The molecule has 11 rings (SSSR count). The molecular formula is C46H27N3O. The summed E-state index contributed by atoms with van der Waals surface area (Å²) in [5.74, 6) is 0.689. The van der Waals surface area contributed by atoms with Gasteiger partial charge in [-0.15, -0.1) is 0 Å². The predicted molar refractivity (Wildman–Crippen MR) is 207 cm³/mol. The zero-order valence-corrected chi connectivity index (χ0v) is 26.8. The van der Waals surface area contributed by atoms with E-state index in [1.54, 1.807) is 0 Å². The molecule has 0 atom stereocenters. The maximum Gasteiger partial charge on any atom is 0.160 e. The number of hydrogen-bond acceptors (Lipinski definition) is 3. The molecule has 0 aliphatic carbocycles. The molecule has 0 saturated heterocycles. The molecule has 4 heteroatoms. The van der Waals surface area contributed by atoms with E-state index in [9.17, 15) is 0 Å². The van der Waals surface area contributed by atoms with Gasteiger partial charge in [-0.3, -0.25) is 0 Å². The number of nitrogens with zero attached hydrogens (tertiary/aromatic N) is 3. The number of aromatic nitrogens is 3. The van der Waals surface area contributed by atoms with Crippen molar-refractivity contribution < 1.29 is 4.42 Å². The summed E-state index contributed by atoms with van der Waals surface area (Å²) in [5.41, 5.74) is 8.97. The molecule has 0 amide bonds. The van der Waals surface area contributed by atoms with Gasteiger partial charge in [0, 0.05) is 43.7 Å². The van der Waals surface area contributed by atoms with Crippen LogP contribution in [0.25, 0.3) is 105 Å². The molecular weight excluding hydrogens is 611 g/mol. The lowest BCUT2D eigenvalue weighted by molar-refractivity contribution is 0.669. The Bertz CT molecular complexity index is 3070. The van der Waals surface area contributed by atoms with E-state index in [1.165, 1.54) is 43.4 Å². The fraction of sp³-hybridized carbons (Fsp3) is 0. The number of benzene rings is 8. The van der Waals surface area contributed by atoms with E-state index in [0.717, 1.165) is 55.3 Å². The Hall–Kier alpha value is -6.78. The molecule has 0 unspecified atom stereocenters. The summed E-state index contributed by atoms with van der Waals surface area (Å²) in [5, 5.41) is 10.7. The van der Waals surface area contributed by atoms with E-state index in [-0.39, 0.29) is 0 Å². The average Bonchev–Trinajstić information content (AvgIpc) is 3.73. The summed E-state index contributed by atoms with van der Waals surface area (Å²) in [6, 6.07) is 57.8. The number of para-hydroxylation sites is 2. The van der Waals surface area contributed by atoms with Crippen LogP contribution in [0.15, 0.2) is 168 Å². The fourth-order valence-electron chi connectivity index (χ4n) is 7.91. The lowest BCUT2D eigenvalue weighted by Crippen LogP contribution is -1.98. The average molecular weight is 638 g/mol. The van der Waals surface area contributed by atoms with E-state index >= 15 is 0 Å². The molecule has 4 nitrogen and oxygen atoms in total. The molecule has 0 bridgehead atoms. The van der Waals surface area contributed by atoms with Crippen LogP contribution in [0, 0.1) is 0 Å². The van der Waals surface area contributed by atoms with E-state index in [1.807, 2.05) is 18.2 Å². The Kier molecular flexibility index (Phi) is 5.63. The maximum atomic E-state index is 6.15. The zero-order valence-electron chi connectivity index (χ0n) is 26.8. The van der Waals surface area contributed by atoms with Crippen LogP contribution < -0.4 is 0 Å². The van der Waals surface area contributed by atoms with Crippen molar-refractivity contribution in [3.05, 3.63) is 164 Å². The first kappa shape index (κ1) is 27.2. The summed E-state index contributed by atoms with van der Waals surface area (Å²) in [6.07, 6.45) is 0. The Balaban J connectivity index is 1.15. The topological polar surface area (TPSA) is 43.9 Å². The molecule has 50 heavy (non-hydrogen) atoms. The third-order valence-corrected chi connectivity index (χ3v) is 10.2. The first-order valence-electron chi connectivity index (χ1n) is 16.9. The quantitative estimate of drug-likeness (QED) is 0.194. The van der Waals surface area contributed by atoms with Crippen molar-refractivity contribution in [1.82, 2.24) is 14.5 Å². The van der Waals surface area contributed by atoms with Gasteiger partial charge in [0.05, 0.1) is 22.2 Å². The van der Waals surface area contributed by atoms with Crippen molar-refractivity contribution in [2.45, 2.75) is 0 Å². The van der Waals surface area contributed by atoms with Gasteiger partial charge in [-0.2, -0.15) is 0 Å². The lowest BCUT2D eigenvalue weighted by atomic mass is 10.00. The van der Waals surface area contributed by atoms with Gasteiger partial charge in [-0.1, -0.05) is 109 Å². The van der Waals surface area contributed by atoms with Crippen LogP contribution in [0.5, 0.6) is 0 Å². The van der Waals surface area contributed by atoms with Crippen LogP contribution in [0.1, 0.15) is 0 Å². The van der Waals surface area contributed by atoms with Crippen LogP contribution in [-0.4, -0.2) is 14.5 Å². The van der Waals surface area contributed by atoms with Crippen LogP contribution in [0.3, 0.4) is 0 Å². The molecule has 0 saturated carbocycles. The second-order valence-electron chi connectivity index (χ2n) is 13.0. The van der Waals surface area contributed by atoms with Gasteiger partial charge in [0.15, 0.2) is 5.82 Å². The Morgan fingerprint density at radius 3 is 1.82 bits per heavy atom. The van der Waals surface area contributed by atoms with Crippen molar-refractivity contribution in [3.63, 3.8) is 0 Å². The second-order valence-corrected chi connectivity index (χ2v) is 13.0. The number of rotatable bonds is 3. The van der Waals surface area contributed by atoms with Crippen LogP contribution in [-0.2, 0) is 0 Å². The molecule has 0 radical (unpaired) electrons. The van der Waals surface area contributed by atoms with Gasteiger partial charge < -0.3 is 8.98 Å². The first-order chi connectivity index (χ1) is 24.8. The molecule has 232 valence electrons. The predicted octanol–water partition coefficient (Wildman–Crippen LogP) is 12.3. The summed E-state index contributed by atoms with van der Waals surface area (Å²) in [6.45, 7) is 0. The highest BCUT2D eigenvalue weighted by Gasteiger charge is 2.19. The SMILES string of the molecule is c1cc(-c2nc(-c3ccc4oc5ccccc5c4c3)c3ccccc3n2)cc(-n2c3ccc4ccccc4c3c3c4ccccc4ccc32)c1. The van der Waals surface area contributed by atoms with Crippen LogP contribution >= 0.6 is 0 Å². The van der Waals surface area contributed by atoms with Gasteiger partial charge in [-0.05, 0) is 76.1 Å². The van der Waals surface area contributed by atoms with Gasteiger partial charge in [0.2, 0.25) is 0 Å².